The summed E-state index contributed by atoms with van der Waals surface area (Å²) in [5, 5.41) is 14.9. The summed E-state index contributed by atoms with van der Waals surface area (Å²) in [4.78, 5) is 3.74. The highest BCUT2D eigenvalue weighted by atomic mass is 32.2. The van der Waals surface area contributed by atoms with Gasteiger partial charge in [0.25, 0.3) is 0 Å². The van der Waals surface area contributed by atoms with Crippen LogP contribution in [0.1, 0.15) is 16.7 Å². The Morgan fingerprint density at radius 2 is 1.34 bits per heavy atom. The van der Waals surface area contributed by atoms with Crippen molar-refractivity contribution in [3.8, 4) is 39.8 Å². The summed E-state index contributed by atoms with van der Waals surface area (Å²) in [6, 6.07) is 27.8. The topological polar surface area (TPSA) is 198 Å². The third-order valence-electron chi connectivity index (χ3n) is 10.3. The maximum Gasteiger partial charge on any atom is 0.245 e. The molecule has 1 aliphatic heterocycles. The van der Waals surface area contributed by atoms with E-state index in [0.29, 0.717) is 45.1 Å². The van der Waals surface area contributed by atoms with E-state index in [2.05, 4.69) is 25.8 Å². The quantitative estimate of drug-likeness (QED) is 0.147. The summed E-state index contributed by atoms with van der Waals surface area (Å²) in [6.07, 6.45) is 3.40. The molecule has 7 aromatic rings. The fourth-order valence-electron chi connectivity index (χ4n) is 7.01. The largest absolute Gasteiger partial charge is 0.497 e. The lowest BCUT2D eigenvalue weighted by atomic mass is 9.99. The van der Waals surface area contributed by atoms with Crippen LogP contribution in [-0.4, -0.2) is 90.4 Å². The molecule has 3 aromatic heterocycles. The van der Waals surface area contributed by atoms with Crippen LogP contribution in [-0.2, 0) is 39.5 Å². The summed E-state index contributed by atoms with van der Waals surface area (Å²) >= 11 is 0. The number of rotatable bonds is 15. The number of nitrogens with two attached hydrogens (primary N) is 1. The molecule has 0 unspecified atom stereocenters. The summed E-state index contributed by atoms with van der Waals surface area (Å²) < 4.78 is 81.9. The highest BCUT2D eigenvalue weighted by Crippen LogP contribution is 2.44. The number of aromatic nitrogens is 6. The van der Waals surface area contributed by atoms with Crippen molar-refractivity contribution >= 4 is 31.3 Å². The van der Waals surface area contributed by atoms with Crippen molar-refractivity contribution in [2.45, 2.75) is 34.7 Å². The van der Waals surface area contributed by atoms with Gasteiger partial charge in [-0.15, -0.1) is 5.10 Å². The van der Waals surface area contributed by atoms with Gasteiger partial charge in [0.2, 0.25) is 10.0 Å². The molecule has 0 amide bonds. The van der Waals surface area contributed by atoms with Gasteiger partial charge >= 0.3 is 0 Å². The number of ether oxygens (including phenoxy) is 3. The van der Waals surface area contributed by atoms with Crippen molar-refractivity contribution in [1.82, 2.24) is 39.2 Å². The number of imidazole rings is 1. The number of nitrogens with one attached hydrogen (secondary N) is 1. The molecule has 1 aliphatic rings. The lowest BCUT2D eigenvalue weighted by Crippen LogP contribution is -2.51. The number of hydrogen-bond acceptors (Lipinski definition) is 13. The molecule has 59 heavy (non-hydrogen) atoms. The van der Waals surface area contributed by atoms with Crippen molar-refractivity contribution in [3.05, 3.63) is 126 Å². The number of fused-ring (bicyclic) bond motifs is 1. The molecule has 0 spiro atoms. The molecular formula is C41H41N9O7S2. The molecule has 18 heteroatoms. The summed E-state index contributed by atoms with van der Waals surface area (Å²) in [6.45, 7) is 0.159. The van der Waals surface area contributed by atoms with Crippen LogP contribution in [0.5, 0.6) is 17.2 Å². The fraction of sp³-hybridized carbons (Fsp3) is 0.220. The summed E-state index contributed by atoms with van der Waals surface area (Å²) in [7, 11) is -4.42. The van der Waals surface area contributed by atoms with Crippen LogP contribution < -0.4 is 25.3 Å². The predicted molar refractivity (Wildman–Crippen MR) is 220 cm³/mol. The zero-order chi connectivity index (χ0) is 41.3. The number of pyridine rings is 1. The lowest BCUT2D eigenvalue weighted by Gasteiger charge is -2.30. The third kappa shape index (κ3) is 7.70. The van der Waals surface area contributed by atoms with E-state index in [4.69, 9.17) is 19.9 Å². The van der Waals surface area contributed by atoms with Crippen LogP contribution in [0.2, 0.25) is 0 Å². The van der Waals surface area contributed by atoms with Crippen molar-refractivity contribution in [2.24, 2.45) is 0 Å². The van der Waals surface area contributed by atoms with Gasteiger partial charge in [-0.1, -0.05) is 42.5 Å². The van der Waals surface area contributed by atoms with E-state index < -0.39 is 30.0 Å². The van der Waals surface area contributed by atoms with E-state index in [0.717, 1.165) is 5.56 Å². The van der Waals surface area contributed by atoms with Crippen molar-refractivity contribution in [3.63, 3.8) is 0 Å². The second kappa shape index (κ2) is 16.1. The van der Waals surface area contributed by atoms with Gasteiger partial charge in [0.15, 0.2) is 15.7 Å². The monoisotopic (exact) mass is 835 g/mol. The Labute approximate surface area is 341 Å². The van der Waals surface area contributed by atoms with Crippen LogP contribution >= 0.6 is 0 Å². The number of anilines is 1. The molecule has 0 atom stereocenters. The zero-order valence-electron chi connectivity index (χ0n) is 32.4. The Bertz CT molecular complexity index is 2790. The van der Waals surface area contributed by atoms with Gasteiger partial charge in [0, 0.05) is 37.9 Å². The van der Waals surface area contributed by atoms with Gasteiger partial charge in [-0.3, -0.25) is 0 Å². The van der Waals surface area contributed by atoms with Gasteiger partial charge in [0.1, 0.15) is 33.6 Å². The lowest BCUT2D eigenvalue weighted by molar-refractivity contribution is 0.396. The van der Waals surface area contributed by atoms with E-state index in [1.807, 2.05) is 12.1 Å². The Kier molecular flexibility index (Phi) is 10.8. The van der Waals surface area contributed by atoms with Gasteiger partial charge in [-0.05, 0) is 87.3 Å². The highest BCUT2D eigenvalue weighted by Gasteiger charge is 2.42. The van der Waals surface area contributed by atoms with Gasteiger partial charge in [0.05, 0.1) is 49.8 Å². The Balaban J connectivity index is 1.42. The molecule has 8 rings (SSSR count). The van der Waals surface area contributed by atoms with E-state index in [1.165, 1.54) is 15.1 Å². The molecule has 0 bridgehead atoms. The first-order valence-electron chi connectivity index (χ1n) is 18.5. The second-order valence-electron chi connectivity index (χ2n) is 13.9. The SMILES string of the molecule is COc1ccc(CN(Cc2ccc(OC)cc2)S(=O)(=O)c2c(S(=O)(=O)C3CNC3)ccc(-c3cccn4cc(N)nc34)c2-c2nnnn2Cc2ccc(OC)cc2)cc1. The van der Waals surface area contributed by atoms with Crippen molar-refractivity contribution in [1.29, 1.82) is 0 Å². The van der Waals surface area contributed by atoms with Crippen LogP contribution in [0.4, 0.5) is 5.82 Å². The molecule has 4 aromatic carbocycles. The maximum absolute atomic E-state index is 16.0. The van der Waals surface area contributed by atoms with Crippen LogP contribution in [0.3, 0.4) is 0 Å². The number of methoxy groups -OCH3 is 3. The first-order chi connectivity index (χ1) is 28.5. The van der Waals surface area contributed by atoms with Gasteiger partial charge in [-0.2, -0.15) is 4.31 Å². The molecule has 0 aliphatic carbocycles. The molecule has 4 heterocycles. The molecule has 304 valence electrons. The molecule has 16 nitrogen and oxygen atoms in total. The number of hydrogen-bond donors (Lipinski definition) is 2. The van der Waals surface area contributed by atoms with Crippen LogP contribution in [0, 0.1) is 0 Å². The fourth-order valence-corrected chi connectivity index (χ4v) is 11.0. The minimum absolute atomic E-state index is 0.0130. The second-order valence-corrected chi connectivity index (χ2v) is 18.0. The van der Waals surface area contributed by atoms with E-state index in [9.17, 15) is 8.42 Å². The average Bonchev–Trinajstić information content (AvgIpc) is 3.85. The smallest absolute Gasteiger partial charge is 0.245 e. The normalized spacial score (nSPS) is 13.4. The molecule has 0 saturated carbocycles. The minimum Gasteiger partial charge on any atom is -0.497 e. The Morgan fingerprint density at radius 1 is 0.763 bits per heavy atom. The van der Waals surface area contributed by atoms with Gasteiger partial charge < -0.3 is 29.7 Å². The van der Waals surface area contributed by atoms with Crippen LogP contribution in [0.25, 0.3) is 28.2 Å². The molecular weight excluding hydrogens is 795 g/mol. The number of tetrazole rings is 1. The van der Waals surface area contributed by atoms with Crippen molar-refractivity contribution < 1.29 is 31.0 Å². The Morgan fingerprint density at radius 3 is 1.88 bits per heavy atom. The summed E-state index contributed by atoms with van der Waals surface area (Å²) in [5.41, 5.74) is 9.42. The third-order valence-corrected chi connectivity index (χ3v) is 14.5. The molecule has 0 radical (unpaired) electrons. The standard InChI is InChI=1S/C41H41N9O7S2/c1-55-30-12-6-27(7-13-30)23-49(24-28-8-14-31(56-2)15-9-28)59(53,54)39-36(58(51,52)33-21-43-22-33)19-18-34(35-5-4-20-48-26-37(42)44-40(35)48)38(39)41-45-46-47-50(41)25-29-10-16-32(57-3)17-11-29/h4-20,26,33,43H,21-25,42H2,1-3H3. The van der Waals surface area contributed by atoms with Crippen molar-refractivity contribution in [2.75, 3.05) is 40.2 Å². The molecule has 1 fully saturated rings. The number of sulfone groups is 1. The maximum atomic E-state index is 16.0. The van der Waals surface area contributed by atoms with E-state index in [1.54, 1.807) is 117 Å². The molecule has 1 saturated heterocycles. The Hall–Kier alpha value is -6.34. The van der Waals surface area contributed by atoms with E-state index in [-0.39, 0.29) is 54.8 Å². The number of nitrogen functional groups attached to an aromatic ring is 1. The minimum atomic E-state index is -4.80. The highest BCUT2D eigenvalue weighted by molar-refractivity contribution is 7.94. The molecule has 3 N–H and O–H groups in total. The predicted octanol–water partition coefficient (Wildman–Crippen LogP) is 4.45. The first kappa shape index (κ1) is 39.5. The zero-order valence-corrected chi connectivity index (χ0v) is 34.0. The van der Waals surface area contributed by atoms with Crippen LogP contribution in [0.15, 0.2) is 119 Å². The summed E-state index contributed by atoms with van der Waals surface area (Å²) in [5.74, 6) is 2.08. The van der Waals surface area contributed by atoms with E-state index >= 15 is 8.42 Å². The van der Waals surface area contributed by atoms with Gasteiger partial charge in [-0.25, -0.2) is 26.5 Å². The number of nitrogens with zero attached hydrogens (tertiary/aromatic N) is 7. The first-order valence-corrected chi connectivity index (χ1v) is 21.5. The average molecular weight is 836 g/mol. The number of benzene rings is 4. The number of sulfonamides is 1.